The van der Waals surface area contributed by atoms with Crippen LogP contribution in [0.3, 0.4) is 0 Å². The Morgan fingerprint density at radius 2 is 1.84 bits per heavy atom. The molecule has 25 heavy (non-hydrogen) atoms. The van der Waals surface area contributed by atoms with Crippen molar-refractivity contribution in [1.82, 2.24) is 15.1 Å². The SMILES string of the molecule is CC(C)C(=O)N1CCSC12CCN(C(=O)NCc1ccccc1)CC2. The Balaban J connectivity index is 1.54. The maximum atomic E-state index is 12.5. The highest BCUT2D eigenvalue weighted by Gasteiger charge is 2.47. The van der Waals surface area contributed by atoms with E-state index in [1.54, 1.807) is 0 Å². The van der Waals surface area contributed by atoms with Gasteiger partial charge in [0.15, 0.2) is 0 Å². The van der Waals surface area contributed by atoms with Gasteiger partial charge in [0.05, 0.1) is 4.87 Å². The summed E-state index contributed by atoms with van der Waals surface area (Å²) < 4.78 is 0. The highest BCUT2D eigenvalue weighted by Crippen LogP contribution is 2.44. The van der Waals surface area contributed by atoms with Gasteiger partial charge >= 0.3 is 6.03 Å². The second kappa shape index (κ2) is 7.68. The molecular formula is C19H27N3O2S. The molecule has 2 fully saturated rings. The zero-order valence-electron chi connectivity index (χ0n) is 15.0. The normalized spacial score (nSPS) is 19.5. The first-order chi connectivity index (χ1) is 12.0. The molecule has 0 aliphatic carbocycles. The second-order valence-corrected chi connectivity index (χ2v) is 8.53. The molecule has 0 unspecified atom stereocenters. The summed E-state index contributed by atoms with van der Waals surface area (Å²) in [5, 5.41) is 3.00. The summed E-state index contributed by atoms with van der Waals surface area (Å²) in [6.45, 7) is 6.72. The van der Waals surface area contributed by atoms with Crippen LogP contribution in [-0.2, 0) is 11.3 Å². The number of nitrogens with one attached hydrogen (secondary N) is 1. The second-order valence-electron chi connectivity index (χ2n) is 7.07. The molecular weight excluding hydrogens is 334 g/mol. The Labute approximate surface area is 154 Å². The predicted molar refractivity (Wildman–Crippen MR) is 101 cm³/mol. The van der Waals surface area contributed by atoms with Gasteiger partial charge in [0.25, 0.3) is 0 Å². The van der Waals surface area contributed by atoms with Gasteiger partial charge in [-0.3, -0.25) is 4.79 Å². The number of piperidine rings is 1. The monoisotopic (exact) mass is 361 g/mol. The van der Waals surface area contributed by atoms with E-state index in [0.717, 1.165) is 30.7 Å². The lowest BCUT2D eigenvalue weighted by molar-refractivity contribution is -0.137. The molecule has 2 aliphatic heterocycles. The van der Waals surface area contributed by atoms with Crippen LogP contribution in [0.2, 0.25) is 0 Å². The third-order valence-corrected chi connectivity index (χ3v) is 6.61. The first kappa shape index (κ1) is 18.1. The van der Waals surface area contributed by atoms with E-state index in [1.807, 2.05) is 60.8 Å². The van der Waals surface area contributed by atoms with E-state index < -0.39 is 0 Å². The minimum Gasteiger partial charge on any atom is -0.334 e. The van der Waals surface area contributed by atoms with Gasteiger partial charge in [-0.05, 0) is 18.4 Å². The summed E-state index contributed by atoms with van der Waals surface area (Å²) in [5.41, 5.74) is 1.10. The number of thioether (sulfide) groups is 1. The Morgan fingerprint density at radius 3 is 2.48 bits per heavy atom. The van der Waals surface area contributed by atoms with Crippen LogP contribution in [0.1, 0.15) is 32.3 Å². The summed E-state index contributed by atoms with van der Waals surface area (Å²) in [6.07, 6.45) is 1.71. The van der Waals surface area contributed by atoms with Crippen LogP contribution in [0.4, 0.5) is 4.79 Å². The number of benzene rings is 1. The number of carbonyl (C=O) groups excluding carboxylic acids is 2. The molecule has 0 radical (unpaired) electrons. The van der Waals surface area contributed by atoms with Crippen LogP contribution in [0, 0.1) is 5.92 Å². The molecule has 0 atom stereocenters. The fourth-order valence-electron chi connectivity index (χ4n) is 3.59. The van der Waals surface area contributed by atoms with Crippen molar-refractivity contribution in [2.24, 2.45) is 5.92 Å². The Kier molecular flexibility index (Phi) is 5.57. The number of likely N-dealkylation sites (tertiary alicyclic amines) is 1. The topological polar surface area (TPSA) is 52.7 Å². The van der Waals surface area contributed by atoms with Crippen molar-refractivity contribution in [2.45, 2.75) is 38.1 Å². The van der Waals surface area contributed by atoms with Gasteiger partial charge in [-0.25, -0.2) is 4.79 Å². The van der Waals surface area contributed by atoms with E-state index in [2.05, 4.69) is 10.2 Å². The lowest BCUT2D eigenvalue weighted by Gasteiger charge is -2.44. The molecule has 1 N–H and O–H groups in total. The average Bonchev–Trinajstić information content (AvgIpc) is 3.03. The van der Waals surface area contributed by atoms with E-state index in [0.29, 0.717) is 19.6 Å². The number of carbonyl (C=O) groups is 2. The number of rotatable bonds is 3. The van der Waals surface area contributed by atoms with E-state index in [-0.39, 0.29) is 22.7 Å². The summed E-state index contributed by atoms with van der Waals surface area (Å²) in [4.78, 5) is 28.8. The molecule has 2 saturated heterocycles. The maximum Gasteiger partial charge on any atom is 0.317 e. The number of nitrogens with zero attached hydrogens (tertiary/aromatic N) is 2. The molecule has 6 heteroatoms. The van der Waals surface area contributed by atoms with Crippen LogP contribution in [0.25, 0.3) is 0 Å². The minimum absolute atomic E-state index is 0.0107. The van der Waals surface area contributed by atoms with Crippen molar-refractivity contribution in [2.75, 3.05) is 25.4 Å². The van der Waals surface area contributed by atoms with Crippen LogP contribution in [0.5, 0.6) is 0 Å². The van der Waals surface area contributed by atoms with Gasteiger partial charge < -0.3 is 15.1 Å². The number of amides is 3. The highest BCUT2D eigenvalue weighted by atomic mass is 32.2. The van der Waals surface area contributed by atoms with Crippen molar-refractivity contribution < 1.29 is 9.59 Å². The summed E-state index contributed by atoms with van der Waals surface area (Å²) >= 11 is 1.89. The third-order valence-electron chi connectivity index (χ3n) is 5.06. The first-order valence-corrected chi connectivity index (χ1v) is 10.0. The summed E-state index contributed by atoms with van der Waals surface area (Å²) in [7, 11) is 0. The van der Waals surface area contributed by atoms with E-state index in [1.165, 1.54) is 0 Å². The molecule has 3 amide bonds. The fourth-order valence-corrected chi connectivity index (χ4v) is 5.05. The van der Waals surface area contributed by atoms with E-state index >= 15 is 0 Å². The molecule has 1 spiro atoms. The van der Waals surface area contributed by atoms with Crippen LogP contribution in [-0.4, -0.2) is 52.0 Å². The Morgan fingerprint density at radius 1 is 1.16 bits per heavy atom. The standard InChI is InChI=1S/C19H27N3O2S/c1-15(2)17(23)22-12-13-25-19(22)8-10-21(11-9-19)18(24)20-14-16-6-4-3-5-7-16/h3-7,15H,8-14H2,1-2H3,(H,20,24). The quantitative estimate of drug-likeness (QED) is 0.901. The predicted octanol–water partition coefficient (Wildman–Crippen LogP) is 2.92. The average molecular weight is 362 g/mol. The number of hydrogen-bond acceptors (Lipinski definition) is 3. The smallest absolute Gasteiger partial charge is 0.317 e. The van der Waals surface area contributed by atoms with Crippen molar-refractivity contribution in [3.63, 3.8) is 0 Å². The maximum absolute atomic E-state index is 12.5. The zero-order chi connectivity index (χ0) is 17.9. The van der Waals surface area contributed by atoms with Crippen molar-refractivity contribution in [3.8, 4) is 0 Å². The van der Waals surface area contributed by atoms with Crippen molar-refractivity contribution in [1.29, 1.82) is 0 Å². The molecule has 2 aliphatic rings. The van der Waals surface area contributed by atoms with Gasteiger partial charge in [-0.15, -0.1) is 11.8 Å². The Bertz CT molecular complexity index is 612. The molecule has 0 saturated carbocycles. The van der Waals surface area contributed by atoms with Gasteiger partial charge in [0.1, 0.15) is 0 Å². The molecule has 5 nitrogen and oxygen atoms in total. The number of hydrogen-bond donors (Lipinski definition) is 1. The zero-order valence-corrected chi connectivity index (χ0v) is 15.8. The molecule has 2 heterocycles. The molecule has 0 aromatic heterocycles. The lowest BCUT2D eigenvalue weighted by Crippen LogP contribution is -2.55. The van der Waals surface area contributed by atoms with E-state index in [9.17, 15) is 9.59 Å². The van der Waals surface area contributed by atoms with Gasteiger partial charge in [0, 0.05) is 37.8 Å². The van der Waals surface area contributed by atoms with Crippen molar-refractivity contribution in [3.05, 3.63) is 35.9 Å². The van der Waals surface area contributed by atoms with E-state index in [4.69, 9.17) is 0 Å². The third kappa shape index (κ3) is 3.94. The lowest BCUT2D eigenvalue weighted by atomic mass is 10.0. The molecule has 1 aromatic carbocycles. The van der Waals surface area contributed by atoms with Gasteiger partial charge in [0.2, 0.25) is 5.91 Å². The van der Waals surface area contributed by atoms with Crippen LogP contribution in [0.15, 0.2) is 30.3 Å². The molecule has 1 aromatic rings. The number of urea groups is 1. The fraction of sp³-hybridized carbons (Fsp3) is 0.579. The molecule has 3 rings (SSSR count). The molecule has 136 valence electrons. The molecule has 0 bridgehead atoms. The van der Waals surface area contributed by atoms with Crippen molar-refractivity contribution >= 4 is 23.7 Å². The van der Waals surface area contributed by atoms with Gasteiger partial charge in [-0.2, -0.15) is 0 Å². The Hall–Kier alpha value is -1.69. The van der Waals surface area contributed by atoms with Crippen LogP contribution >= 0.6 is 11.8 Å². The van der Waals surface area contributed by atoms with Gasteiger partial charge in [-0.1, -0.05) is 44.2 Å². The first-order valence-electron chi connectivity index (χ1n) is 9.04. The largest absolute Gasteiger partial charge is 0.334 e. The summed E-state index contributed by atoms with van der Waals surface area (Å²) in [5.74, 6) is 1.27. The minimum atomic E-state index is -0.0996. The van der Waals surface area contributed by atoms with Crippen LogP contribution < -0.4 is 5.32 Å². The summed E-state index contributed by atoms with van der Waals surface area (Å²) in [6, 6.07) is 9.93. The highest BCUT2D eigenvalue weighted by molar-refractivity contribution is 8.00.